The number of anilines is 1. The third kappa shape index (κ3) is 3.01. The minimum absolute atomic E-state index is 0.248. The zero-order valence-electron chi connectivity index (χ0n) is 15.8. The van der Waals surface area contributed by atoms with Crippen molar-refractivity contribution < 1.29 is 23.4 Å². The second-order valence-electron chi connectivity index (χ2n) is 6.07. The molecule has 0 saturated heterocycles. The second kappa shape index (κ2) is 7.05. The van der Waals surface area contributed by atoms with Crippen LogP contribution in [0.15, 0.2) is 34.7 Å². The van der Waals surface area contributed by atoms with Crippen LogP contribution in [0.1, 0.15) is 16.1 Å². The maximum absolute atomic E-state index is 12.8. The molecule has 0 spiro atoms. The first kappa shape index (κ1) is 18.1. The average molecular weight is 398 g/mol. The number of nitrogens with zero attached hydrogens (tertiary/aromatic N) is 1. The number of amides is 1. The fraction of sp³-hybridized carbons (Fsp3) is 0.200. The Morgan fingerprint density at radius 1 is 1.07 bits per heavy atom. The van der Waals surface area contributed by atoms with Gasteiger partial charge < -0.3 is 18.6 Å². The Bertz CT molecular complexity index is 1150. The van der Waals surface area contributed by atoms with E-state index in [-0.39, 0.29) is 11.7 Å². The Hall–Kier alpha value is -3.26. The minimum Gasteiger partial charge on any atom is -0.497 e. The normalized spacial score (nSPS) is 11.0. The molecular weight excluding hydrogens is 380 g/mol. The van der Waals surface area contributed by atoms with Gasteiger partial charge in [0.25, 0.3) is 5.91 Å². The standard InChI is InChI=1S/C20H18N2O5S/c1-10-12-7-11(24-2)5-6-14(12)27-18(10)19(23)22-20-21-13-8-15(25-3)16(26-4)9-17(13)28-20/h5-9H,1-4H3,(H,21,22,23). The van der Waals surface area contributed by atoms with Crippen LogP contribution >= 0.6 is 11.3 Å². The molecule has 144 valence electrons. The molecule has 4 aromatic rings. The largest absolute Gasteiger partial charge is 0.497 e. The summed E-state index contributed by atoms with van der Waals surface area (Å²) in [5.41, 5.74) is 2.09. The summed E-state index contributed by atoms with van der Waals surface area (Å²) in [7, 11) is 4.74. The molecule has 0 fully saturated rings. The molecule has 2 heterocycles. The van der Waals surface area contributed by atoms with E-state index >= 15 is 0 Å². The van der Waals surface area contributed by atoms with Crippen molar-refractivity contribution in [2.24, 2.45) is 0 Å². The number of ether oxygens (including phenoxy) is 3. The maximum Gasteiger partial charge on any atom is 0.293 e. The molecule has 7 nitrogen and oxygen atoms in total. The fourth-order valence-electron chi connectivity index (χ4n) is 3.01. The molecule has 0 saturated carbocycles. The molecule has 0 unspecified atom stereocenters. The molecule has 8 heteroatoms. The molecule has 28 heavy (non-hydrogen) atoms. The van der Waals surface area contributed by atoms with Gasteiger partial charge in [-0.2, -0.15) is 0 Å². The van der Waals surface area contributed by atoms with Crippen LogP contribution in [-0.2, 0) is 0 Å². The Morgan fingerprint density at radius 3 is 2.54 bits per heavy atom. The van der Waals surface area contributed by atoms with Crippen molar-refractivity contribution in [3.63, 3.8) is 0 Å². The lowest BCUT2D eigenvalue weighted by Gasteiger charge is -2.05. The summed E-state index contributed by atoms with van der Waals surface area (Å²) in [6.45, 7) is 1.84. The predicted molar refractivity (Wildman–Crippen MR) is 108 cm³/mol. The molecular formula is C20H18N2O5S. The molecule has 0 aliphatic rings. The van der Waals surface area contributed by atoms with E-state index in [1.54, 1.807) is 39.5 Å². The summed E-state index contributed by atoms with van der Waals surface area (Å²) < 4.78 is 22.5. The Kier molecular flexibility index (Phi) is 4.56. The van der Waals surface area contributed by atoms with Crippen LogP contribution in [0.2, 0.25) is 0 Å². The third-order valence-corrected chi connectivity index (χ3v) is 5.40. The highest BCUT2D eigenvalue weighted by molar-refractivity contribution is 7.22. The van der Waals surface area contributed by atoms with Crippen LogP contribution in [0.25, 0.3) is 21.2 Å². The highest BCUT2D eigenvalue weighted by Crippen LogP contribution is 2.36. The molecule has 0 bridgehead atoms. The Labute approximate surface area is 164 Å². The first-order chi connectivity index (χ1) is 13.5. The third-order valence-electron chi connectivity index (χ3n) is 4.46. The van der Waals surface area contributed by atoms with E-state index in [1.807, 2.05) is 19.1 Å². The van der Waals surface area contributed by atoms with Gasteiger partial charge in [-0.15, -0.1) is 0 Å². The van der Waals surface area contributed by atoms with E-state index in [1.165, 1.54) is 11.3 Å². The van der Waals surface area contributed by atoms with Gasteiger partial charge in [-0.3, -0.25) is 10.1 Å². The second-order valence-corrected chi connectivity index (χ2v) is 7.10. The fourth-order valence-corrected chi connectivity index (χ4v) is 3.88. The van der Waals surface area contributed by atoms with Gasteiger partial charge in [-0.25, -0.2) is 4.98 Å². The van der Waals surface area contributed by atoms with Crippen LogP contribution in [-0.4, -0.2) is 32.2 Å². The number of fused-ring (bicyclic) bond motifs is 2. The van der Waals surface area contributed by atoms with Crippen molar-refractivity contribution in [1.29, 1.82) is 0 Å². The van der Waals surface area contributed by atoms with Gasteiger partial charge in [0.1, 0.15) is 11.3 Å². The number of carbonyl (C=O) groups excluding carboxylic acids is 1. The number of aromatic nitrogens is 1. The maximum atomic E-state index is 12.8. The molecule has 2 aromatic carbocycles. The average Bonchev–Trinajstić information content (AvgIpc) is 3.26. The van der Waals surface area contributed by atoms with Crippen molar-refractivity contribution >= 4 is 43.6 Å². The van der Waals surface area contributed by atoms with E-state index in [0.717, 1.165) is 15.6 Å². The van der Waals surface area contributed by atoms with Gasteiger partial charge in [-0.1, -0.05) is 11.3 Å². The molecule has 1 N–H and O–H groups in total. The quantitative estimate of drug-likeness (QED) is 0.528. The molecule has 0 aliphatic heterocycles. The lowest BCUT2D eigenvalue weighted by molar-refractivity contribution is 0.0998. The number of hydrogen-bond donors (Lipinski definition) is 1. The smallest absolute Gasteiger partial charge is 0.293 e. The molecule has 2 aromatic heterocycles. The number of carbonyl (C=O) groups is 1. The summed E-state index contributed by atoms with van der Waals surface area (Å²) in [6, 6.07) is 9.04. The molecule has 0 aliphatic carbocycles. The van der Waals surface area contributed by atoms with Crippen LogP contribution in [0.3, 0.4) is 0 Å². The zero-order chi connectivity index (χ0) is 19.8. The number of thiazole rings is 1. The SMILES string of the molecule is COc1ccc2oc(C(=O)Nc3nc4cc(OC)c(OC)cc4s3)c(C)c2c1. The van der Waals surface area contributed by atoms with Gasteiger partial charge in [0.15, 0.2) is 22.4 Å². The molecule has 0 atom stereocenters. The van der Waals surface area contributed by atoms with Crippen LogP contribution < -0.4 is 19.5 Å². The van der Waals surface area contributed by atoms with Crippen molar-refractivity contribution in [3.8, 4) is 17.2 Å². The highest BCUT2D eigenvalue weighted by Gasteiger charge is 2.20. The highest BCUT2D eigenvalue weighted by atomic mass is 32.1. The number of methoxy groups -OCH3 is 3. The van der Waals surface area contributed by atoms with Gasteiger partial charge in [-0.05, 0) is 25.1 Å². The first-order valence-corrected chi connectivity index (χ1v) is 9.26. The lowest BCUT2D eigenvalue weighted by Crippen LogP contribution is -2.11. The Balaban J connectivity index is 1.66. The zero-order valence-corrected chi connectivity index (χ0v) is 16.6. The van der Waals surface area contributed by atoms with Crippen LogP contribution in [0.4, 0.5) is 5.13 Å². The number of rotatable bonds is 5. The van der Waals surface area contributed by atoms with Crippen molar-refractivity contribution in [2.75, 3.05) is 26.6 Å². The summed E-state index contributed by atoms with van der Waals surface area (Å²) in [5.74, 6) is 1.79. The van der Waals surface area contributed by atoms with Crippen LogP contribution in [0, 0.1) is 6.92 Å². The number of nitrogens with one attached hydrogen (secondary N) is 1. The first-order valence-electron chi connectivity index (χ1n) is 8.45. The van der Waals surface area contributed by atoms with Gasteiger partial charge in [0.2, 0.25) is 0 Å². The van der Waals surface area contributed by atoms with E-state index < -0.39 is 0 Å². The van der Waals surface area contributed by atoms with E-state index in [4.69, 9.17) is 18.6 Å². The number of benzene rings is 2. The monoisotopic (exact) mass is 398 g/mol. The van der Waals surface area contributed by atoms with Crippen molar-refractivity contribution in [1.82, 2.24) is 4.98 Å². The topological polar surface area (TPSA) is 82.8 Å². The van der Waals surface area contributed by atoms with Gasteiger partial charge in [0.05, 0.1) is 31.5 Å². The summed E-state index contributed by atoms with van der Waals surface area (Å²) in [6.07, 6.45) is 0. The van der Waals surface area contributed by atoms with E-state index in [9.17, 15) is 4.79 Å². The molecule has 4 rings (SSSR count). The van der Waals surface area contributed by atoms with E-state index in [2.05, 4.69) is 10.3 Å². The minimum atomic E-state index is -0.356. The summed E-state index contributed by atoms with van der Waals surface area (Å²) in [4.78, 5) is 17.2. The van der Waals surface area contributed by atoms with Crippen molar-refractivity contribution in [3.05, 3.63) is 41.7 Å². The summed E-state index contributed by atoms with van der Waals surface area (Å²) in [5, 5.41) is 4.12. The lowest BCUT2D eigenvalue weighted by atomic mass is 10.1. The summed E-state index contributed by atoms with van der Waals surface area (Å²) >= 11 is 1.35. The van der Waals surface area contributed by atoms with Gasteiger partial charge >= 0.3 is 0 Å². The van der Waals surface area contributed by atoms with Crippen molar-refractivity contribution in [2.45, 2.75) is 6.92 Å². The molecule has 1 amide bonds. The Morgan fingerprint density at radius 2 is 1.82 bits per heavy atom. The van der Waals surface area contributed by atoms with Crippen LogP contribution in [0.5, 0.6) is 17.2 Å². The van der Waals surface area contributed by atoms with E-state index in [0.29, 0.717) is 33.5 Å². The number of aryl methyl sites for hydroxylation is 1. The predicted octanol–water partition coefficient (Wildman–Crippen LogP) is 4.63. The van der Waals surface area contributed by atoms with Gasteiger partial charge in [0, 0.05) is 23.1 Å². The molecule has 0 radical (unpaired) electrons. The number of furan rings is 1. The number of hydrogen-bond acceptors (Lipinski definition) is 7.